The summed E-state index contributed by atoms with van der Waals surface area (Å²) < 4.78 is 10.6. The highest BCUT2D eigenvalue weighted by Gasteiger charge is 2.02. The third-order valence-corrected chi connectivity index (χ3v) is 3.23. The molecule has 1 rings (SSSR count). The number of hydrogen-bond donors (Lipinski definition) is 1. The fourth-order valence-corrected chi connectivity index (χ4v) is 1.92. The molecule has 1 N–H and O–H groups in total. The first-order chi connectivity index (χ1) is 9.76. The third kappa shape index (κ3) is 7.31. The number of hydrogen-bond acceptors (Lipinski definition) is 3. The Bertz CT molecular complexity index is 362. The van der Waals surface area contributed by atoms with Crippen molar-refractivity contribution in [1.29, 1.82) is 0 Å². The van der Waals surface area contributed by atoms with E-state index in [9.17, 15) is 0 Å². The lowest BCUT2D eigenvalue weighted by Crippen LogP contribution is -2.29. The second-order valence-corrected chi connectivity index (χ2v) is 4.93. The van der Waals surface area contributed by atoms with Crippen LogP contribution in [-0.2, 0) is 11.2 Å². The molecule has 0 spiro atoms. The molecular formula is C17H27NO2. The van der Waals surface area contributed by atoms with Crippen molar-refractivity contribution in [3.05, 3.63) is 42.5 Å². The van der Waals surface area contributed by atoms with Crippen molar-refractivity contribution in [3.8, 4) is 5.75 Å². The van der Waals surface area contributed by atoms with Gasteiger partial charge in [0.05, 0.1) is 20.3 Å². The average Bonchev–Trinajstić information content (AvgIpc) is 2.49. The lowest BCUT2D eigenvalue weighted by atomic mass is 10.1. The van der Waals surface area contributed by atoms with Crippen molar-refractivity contribution in [3.63, 3.8) is 0 Å². The minimum absolute atomic E-state index is 0.500. The molecule has 0 saturated carbocycles. The van der Waals surface area contributed by atoms with Gasteiger partial charge in [0.25, 0.3) is 0 Å². The second kappa shape index (κ2) is 10.5. The molecule has 112 valence electrons. The highest BCUT2D eigenvalue weighted by molar-refractivity contribution is 5.27. The largest absolute Gasteiger partial charge is 0.497 e. The van der Waals surface area contributed by atoms with E-state index in [1.165, 1.54) is 5.56 Å². The monoisotopic (exact) mass is 277 g/mol. The summed E-state index contributed by atoms with van der Waals surface area (Å²) in [5.41, 5.74) is 1.35. The van der Waals surface area contributed by atoms with E-state index in [-0.39, 0.29) is 0 Å². The zero-order chi connectivity index (χ0) is 14.6. The molecule has 0 aliphatic heterocycles. The molecular weight excluding hydrogens is 250 g/mol. The van der Waals surface area contributed by atoms with E-state index in [0.29, 0.717) is 6.04 Å². The van der Waals surface area contributed by atoms with Crippen molar-refractivity contribution in [2.75, 3.05) is 26.9 Å². The van der Waals surface area contributed by atoms with Crippen LogP contribution in [0.15, 0.2) is 36.9 Å². The molecule has 3 heteroatoms. The first-order valence-corrected chi connectivity index (χ1v) is 7.31. The molecule has 0 fully saturated rings. The van der Waals surface area contributed by atoms with Crippen molar-refractivity contribution in [2.24, 2.45) is 0 Å². The van der Waals surface area contributed by atoms with Crippen LogP contribution in [-0.4, -0.2) is 32.9 Å². The molecule has 0 aliphatic rings. The summed E-state index contributed by atoms with van der Waals surface area (Å²) in [5.74, 6) is 0.914. The van der Waals surface area contributed by atoms with Gasteiger partial charge in [-0.05, 0) is 43.9 Å². The van der Waals surface area contributed by atoms with Crippen molar-refractivity contribution in [1.82, 2.24) is 5.32 Å². The predicted octanol–water partition coefficient (Wildman–Crippen LogP) is 3.20. The van der Waals surface area contributed by atoms with Gasteiger partial charge in [-0.15, -0.1) is 6.58 Å². The summed E-state index contributed by atoms with van der Waals surface area (Å²) in [4.78, 5) is 0. The van der Waals surface area contributed by atoms with Crippen LogP contribution in [0.2, 0.25) is 0 Å². The maximum Gasteiger partial charge on any atom is 0.118 e. The van der Waals surface area contributed by atoms with Gasteiger partial charge in [0, 0.05) is 12.6 Å². The van der Waals surface area contributed by atoms with E-state index in [2.05, 4.69) is 31.0 Å². The SMILES string of the molecule is C=CCCOCCNC(C)CCc1ccc(OC)cc1. The molecule has 1 unspecified atom stereocenters. The van der Waals surface area contributed by atoms with Crippen molar-refractivity contribution < 1.29 is 9.47 Å². The second-order valence-electron chi connectivity index (χ2n) is 4.93. The summed E-state index contributed by atoms with van der Waals surface area (Å²) in [6, 6.07) is 8.79. The lowest BCUT2D eigenvalue weighted by molar-refractivity contribution is 0.138. The Morgan fingerprint density at radius 1 is 1.25 bits per heavy atom. The first-order valence-electron chi connectivity index (χ1n) is 7.31. The maximum atomic E-state index is 5.47. The number of ether oxygens (including phenoxy) is 2. The van der Waals surface area contributed by atoms with E-state index < -0.39 is 0 Å². The summed E-state index contributed by atoms with van der Waals surface area (Å²) in [5, 5.41) is 3.48. The lowest BCUT2D eigenvalue weighted by Gasteiger charge is -2.14. The highest BCUT2D eigenvalue weighted by atomic mass is 16.5. The Hall–Kier alpha value is -1.32. The van der Waals surface area contributed by atoms with Crippen LogP contribution in [0, 0.1) is 0 Å². The van der Waals surface area contributed by atoms with Gasteiger partial charge in [0.15, 0.2) is 0 Å². The van der Waals surface area contributed by atoms with Crippen LogP contribution in [0.5, 0.6) is 5.75 Å². The van der Waals surface area contributed by atoms with Crippen molar-refractivity contribution in [2.45, 2.75) is 32.2 Å². The highest BCUT2D eigenvalue weighted by Crippen LogP contribution is 2.13. The molecule has 0 radical (unpaired) electrons. The molecule has 0 aliphatic carbocycles. The topological polar surface area (TPSA) is 30.5 Å². The van der Waals surface area contributed by atoms with Gasteiger partial charge in [-0.1, -0.05) is 18.2 Å². The normalized spacial score (nSPS) is 12.1. The van der Waals surface area contributed by atoms with Gasteiger partial charge >= 0.3 is 0 Å². The molecule has 1 atom stereocenters. The van der Waals surface area contributed by atoms with Crippen LogP contribution in [0.1, 0.15) is 25.3 Å². The molecule has 0 amide bonds. The molecule has 0 aromatic heterocycles. The number of methoxy groups -OCH3 is 1. The molecule has 20 heavy (non-hydrogen) atoms. The van der Waals surface area contributed by atoms with E-state index in [0.717, 1.165) is 44.8 Å². The number of aryl methyl sites for hydroxylation is 1. The van der Waals surface area contributed by atoms with E-state index in [1.54, 1.807) is 7.11 Å². The van der Waals surface area contributed by atoms with Gasteiger partial charge in [0.1, 0.15) is 5.75 Å². The first kappa shape index (κ1) is 16.7. The van der Waals surface area contributed by atoms with Gasteiger partial charge in [-0.25, -0.2) is 0 Å². The quantitative estimate of drug-likeness (QED) is 0.498. The minimum atomic E-state index is 0.500. The van der Waals surface area contributed by atoms with E-state index in [4.69, 9.17) is 9.47 Å². The Balaban J connectivity index is 2.09. The van der Waals surface area contributed by atoms with Gasteiger partial charge in [-0.2, -0.15) is 0 Å². The van der Waals surface area contributed by atoms with E-state index in [1.807, 2.05) is 18.2 Å². The smallest absolute Gasteiger partial charge is 0.118 e. The van der Waals surface area contributed by atoms with Gasteiger partial charge in [0.2, 0.25) is 0 Å². The molecule has 0 bridgehead atoms. The maximum absolute atomic E-state index is 5.47. The zero-order valence-corrected chi connectivity index (χ0v) is 12.7. The zero-order valence-electron chi connectivity index (χ0n) is 12.7. The minimum Gasteiger partial charge on any atom is -0.497 e. The van der Waals surface area contributed by atoms with Gasteiger partial charge in [-0.3, -0.25) is 0 Å². The number of rotatable bonds is 11. The Kier molecular flexibility index (Phi) is 8.76. The summed E-state index contributed by atoms with van der Waals surface area (Å²) in [6.07, 6.45) is 5.01. The number of nitrogens with one attached hydrogen (secondary N) is 1. The summed E-state index contributed by atoms with van der Waals surface area (Å²) in [7, 11) is 1.69. The molecule has 0 heterocycles. The van der Waals surface area contributed by atoms with Crippen LogP contribution >= 0.6 is 0 Å². The fraction of sp³-hybridized carbons (Fsp3) is 0.529. The molecule has 1 aromatic carbocycles. The molecule has 3 nitrogen and oxygen atoms in total. The summed E-state index contributed by atoms with van der Waals surface area (Å²) in [6.45, 7) is 8.32. The van der Waals surface area contributed by atoms with Crippen LogP contribution < -0.4 is 10.1 Å². The Morgan fingerprint density at radius 3 is 2.65 bits per heavy atom. The number of benzene rings is 1. The summed E-state index contributed by atoms with van der Waals surface area (Å²) >= 11 is 0. The Labute approximate surface area is 123 Å². The standard InChI is InChI=1S/C17H27NO2/c1-4-5-13-20-14-12-18-15(2)6-7-16-8-10-17(19-3)11-9-16/h4,8-11,15,18H,1,5-7,12-14H2,2-3H3. The van der Waals surface area contributed by atoms with Crippen LogP contribution in [0.4, 0.5) is 0 Å². The van der Waals surface area contributed by atoms with Crippen LogP contribution in [0.25, 0.3) is 0 Å². The molecule has 0 saturated heterocycles. The third-order valence-electron chi connectivity index (χ3n) is 3.23. The van der Waals surface area contributed by atoms with Crippen molar-refractivity contribution >= 4 is 0 Å². The van der Waals surface area contributed by atoms with Gasteiger partial charge < -0.3 is 14.8 Å². The van der Waals surface area contributed by atoms with Crippen LogP contribution in [0.3, 0.4) is 0 Å². The van der Waals surface area contributed by atoms with E-state index >= 15 is 0 Å². The average molecular weight is 277 g/mol. The fourth-order valence-electron chi connectivity index (χ4n) is 1.92. The molecule has 1 aromatic rings. The Morgan fingerprint density at radius 2 is 2.00 bits per heavy atom. The predicted molar refractivity (Wildman–Crippen MR) is 84.4 cm³/mol.